The van der Waals surface area contributed by atoms with Crippen LogP contribution in [-0.4, -0.2) is 65.6 Å². The van der Waals surface area contributed by atoms with E-state index in [4.69, 9.17) is 9.47 Å². The van der Waals surface area contributed by atoms with Crippen molar-refractivity contribution in [1.29, 1.82) is 0 Å². The first-order valence-corrected chi connectivity index (χ1v) is 17.1. The summed E-state index contributed by atoms with van der Waals surface area (Å²) in [6.07, 6.45) is 5.08. The molecule has 2 heterocycles. The Morgan fingerprint density at radius 2 is 1.95 bits per heavy atom. The number of aliphatic hydroxyl groups excluding tert-OH is 1. The molecule has 10 heteroatoms. The van der Waals surface area contributed by atoms with E-state index in [-0.39, 0.29) is 25.1 Å². The zero-order chi connectivity index (χ0) is 28.9. The number of aliphatic hydroxyl groups is 1. The van der Waals surface area contributed by atoms with Crippen molar-refractivity contribution >= 4 is 24.9 Å². The Morgan fingerprint density at radius 3 is 2.65 bits per heavy atom. The number of carbonyl (C=O) groups excluding carboxylic acids is 1. The van der Waals surface area contributed by atoms with E-state index in [0.717, 1.165) is 16.9 Å². The third-order valence-corrected chi connectivity index (χ3v) is 8.47. The second-order valence-electron chi connectivity index (χ2n) is 10.9. The van der Waals surface area contributed by atoms with E-state index in [0.29, 0.717) is 41.2 Å². The van der Waals surface area contributed by atoms with Crippen LogP contribution in [0.1, 0.15) is 28.9 Å². The molecule has 1 atom stereocenters. The number of halogens is 1. The van der Waals surface area contributed by atoms with Crippen LogP contribution in [-0.2, 0) is 11.5 Å². The van der Waals surface area contributed by atoms with E-state index in [1.54, 1.807) is 60.7 Å². The standard InChI is InChI=1S/C30H37FN4O4Si/c1-6-39-28-15-22(10-11-25(28)21-8-7-9-24(31)14-21)30(37)34(2)27(19-36)26-18-32-16-23-17-33-35(29(23)26)20-38-12-13-40(3,4)5/h7-11,14-18,27,36H,6,12-13,19-20H2,1-5H3. The van der Waals surface area contributed by atoms with Crippen LogP contribution >= 0.6 is 0 Å². The summed E-state index contributed by atoms with van der Waals surface area (Å²) in [7, 11) is 0.417. The molecule has 212 valence electrons. The van der Waals surface area contributed by atoms with Crippen molar-refractivity contribution < 1.29 is 23.8 Å². The van der Waals surface area contributed by atoms with Gasteiger partial charge in [0.1, 0.15) is 18.3 Å². The predicted molar refractivity (Wildman–Crippen MR) is 157 cm³/mol. The number of hydrogen-bond donors (Lipinski definition) is 1. The third-order valence-electron chi connectivity index (χ3n) is 6.76. The fourth-order valence-electron chi connectivity index (χ4n) is 4.54. The van der Waals surface area contributed by atoms with Crippen LogP contribution in [0.5, 0.6) is 5.75 Å². The average Bonchev–Trinajstić information content (AvgIpc) is 3.34. The van der Waals surface area contributed by atoms with Gasteiger partial charge in [-0.1, -0.05) is 31.8 Å². The lowest BCUT2D eigenvalue weighted by Gasteiger charge is -2.28. The lowest BCUT2D eigenvalue weighted by Crippen LogP contribution is -2.33. The molecule has 0 saturated carbocycles. The van der Waals surface area contributed by atoms with E-state index in [1.165, 1.54) is 17.0 Å². The molecule has 2 aromatic carbocycles. The van der Waals surface area contributed by atoms with Crippen LogP contribution in [0.4, 0.5) is 4.39 Å². The summed E-state index contributed by atoms with van der Waals surface area (Å²) in [6, 6.07) is 11.7. The average molecular weight is 565 g/mol. The fourth-order valence-corrected chi connectivity index (χ4v) is 5.30. The Kier molecular flexibility index (Phi) is 9.34. The molecular formula is C30H37FN4O4Si. The molecule has 0 bridgehead atoms. The maximum atomic E-state index is 13.9. The Balaban J connectivity index is 1.62. The van der Waals surface area contributed by atoms with E-state index in [9.17, 15) is 14.3 Å². The largest absolute Gasteiger partial charge is 0.493 e. The molecule has 1 N–H and O–H groups in total. The molecule has 0 radical (unpaired) electrons. The number of hydrogen-bond acceptors (Lipinski definition) is 6. The Labute approximate surface area is 235 Å². The van der Waals surface area contributed by atoms with E-state index in [1.807, 2.05) is 6.92 Å². The molecule has 0 saturated heterocycles. The van der Waals surface area contributed by atoms with Crippen molar-refractivity contribution in [2.75, 3.05) is 26.9 Å². The van der Waals surface area contributed by atoms with Crippen molar-refractivity contribution in [3.63, 3.8) is 0 Å². The molecule has 1 amide bonds. The fraction of sp³-hybridized carbons (Fsp3) is 0.367. The number of amides is 1. The summed E-state index contributed by atoms with van der Waals surface area (Å²) in [6.45, 7) is 9.73. The Hall–Kier alpha value is -3.60. The molecule has 0 aliphatic rings. The van der Waals surface area contributed by atoms with Gasteiger partial charge in [-0.2, -0.15) is 5.10 Å². The van der Waals surface area contributed by atoms with Crippen LogP contribution in [0.2, 0.25) is 25.7 Å². The Morgan fingerprint density at radius 1 is 1.15 bits per heavy atom. The smallest absolute Gasteiger partial charge is 0.254 e. The van der Waals surface area contributed by atoms with Crippen LogP contribution in [0, 0.1) is 5.82 Å². The van der Waals surface area contributed by atoms with Gasteiger partial charge in [0, 0.05) is 56.2 Å². The summed E-state index contributed by atoms with van der Waals surface area (Å²) in [5, 5.41) is 15.7. The molecule has 2 aromatic heterocycles. The summed E-state index contributed by atoms with van der Waals surface area (Å²) in [4.78, 5) is 19.5. The number of ether oxygens (including phenoxy) is 2. The molecule has 4 aromatic rings. The molecule has 8 nitrogen and oxygen atoms in total. The van der Waals surface area contributed by atoms with Crippen LogP contribution in [0.3, 0.4) is 0 Å². The molecule has 0 aliphatic carbocycles. The summed E-state index contributed by atoms with van der Waals surface area (Å²) in [5.74, 6) is -0.181. The van der Waals surface area contributed by atoms with Crippen molar-refractivity contribution in [1.82, 2.24) is 19.7 Å². The van der Waals surface area contributed by atoms with Gasteiger partial charge in [0.15, 0.2) is 0 Å². The number of pyridine rings is 1. The lowest BCUT2D eigenvalue weighted by molar-refractivity contribution is 0.0655. The minimum absolute atomic E-state index is 0.264. The summed E-state index contributed by atoms with van der Waals surface area (Å²) in [5.41, 5.74) is 3.16. The van der Waals surface area contributed by atoms with Crippen molar-refractivity contribution in [2.24, 2.45) is 0 Å². The molecule has 0 fully saturated rings. The molecule has 4 rings (SSSR count). The van der Waals surface area contributed by atoms with Crippen molar-refractivity contribution in [2.45, 2.75) is 45.4 Å². The zero-order valence-corrected chi connectivity index (χ0v) is 24.7. The SMILES string of the molecule is CCOc1cc(C(=O)N(C)C(CO)c2cncc3cnn(COCC[Si](C)(C)C)c23)ccc1-c1cccc(F)c1. The first-order valence-electron chi connectivity index (χ1n) is 13.4. The number of benzene rings is 2. The zero-order valence-electron chi connectivity index (χ0n) is 23.7. The number of rotatable bonds is 12. The summed E-state index contributed by atoms with van der Waals surface area (Å²) < 4.78 is 27.4. The summed E-state index contributed by atoms with van der Waals surface area (Å²) >= 11 is 0. The maximum absolute atomic E-state index is 13.9. The van der Waals surface area contributed by atoms with Gasteiger partial charge in [0.25, 0.3) is 5.91 Å². The number of likely N-dealkylation sites (N-methyl/N-ethyl adjacent to an activating group) is 1. The quantitative estimate of drug-likeness (QED) is 0.174. The highest BCUT2D eigenvalue weighted by molar-refractivity contribution is 6.76. The molecular weight excluding hydrogens is 527 g/mol. The Bertz CT molecular complexity index is 1470. The van der Waals surface area contributed by atoms with Crippen molar-refractivity contribution in [3.8, 4) is 16.9 Å². The van der Waals surface area contributed by atoms with E-state index < -0.39 is 14.1 Å². The third kappa shape index (κ3) is 6.75. The normalized spacial score (nSPS) is 12.5. The monoisotopic (exact) mass is 564 g/mol. The molecule has 40 heavy (non-hydrogen) atoms. The first-order chi connectivity index (χ1) is 19.1. The first kappa shape index (κ1) is 29.4. The number of aromatic nitrogens is 3. The van der Waals surface area contributed by atoms with Crippen LogP contribution in [0.25, 0.3) is 22.0 Å². The highest BCUT2D eigenvalue weighted by atomic mass is 28.3. The number of nitrogens with zero attached hydrogens (tertiary/aromatic N) is 4. The van der Waals surface area contributed by atoms with Gasteiger partial charge in [-0.25, -0.2) is 9.07 Å². The highest BCUT2D eigenvalue weighted by Gasteiger charge is 2.27. The predicted octanol–water partition coefficient (Wildman–Crippen LogP) is 5.75. The number of carbonyl (C=O) groups is 1. The van der Waals surface area contributed by atoms with Gasteiger partial charge >= 0.3 is 0 Å². The van der Waals surface area contributed by atoms with Crippen molar-refractivity contribution in [3.05, 3.63) is 78.0 Å². The van der Waals surface area contributed by atoms with Gasteiger partial charge in [-0.05, 0) is 48.9 Å². The number of fused-ring (bicyclic) bond motifs is 1. The minimum Gasteiger partial charge on any atom is -0.493 e. The molecule has 0 aliphatic heterocycles. The second-order valence-corrected chi connectivity index (χ2v) is 16.5. The topological polar surface area (TPSA) is 89.7 Å². The van der Waals surface area contributed by atoms with Gasteiger partial charge < -0.3 is 19.5 Å². The molecule has 0 spiro atoms. The van der Waals surface area contributed by atoms with E-state index in [2.05, 4.69) is 29.7 Å². The lowest BCUT2D eigenvalue weighted by atomic mass is 10.0. The van der Waals surface area contributed by atoms with Gasteiger partial charge in [-0.15, -0.1) is 0 Å². The maximum Gasteiger partial charge on any atom is 0.254 e. The van der Waals surface area contributed by atoms with Gasteiger partial charge in [0.05, 0.1) is 31.0 Å². The van der Waals surface area contributed by atoms with Gasteiger partial charge in [0.2, 0.25) is 0 Å². The molecule has 1 unspecified atom stereocenters. The minimum atomic E-state index is -1.23. The van der Waals surface area contributed by atoms with Crippen LogP contribution in [0.15, 0.2) is 61.1 Å². The van der Waals surface area contributed by atoms with Crippen LogP contribution < -0.4 is 4.74 Å². The van der Waals surface area contributed by atoms with E-state index >= 15 is 0 Å². The second kappa shape index (κ2) is 12.7. The van der Waals surface area contributed by atoms with Gasteiger partial charge in [-0.3, -0.25) is 9.78 Å². The highest BCUT2D eigenvalue weighted by Crippen LogP contribution is 2.33.